The van der Waals surface area contributed by atoms with Crippen LogP contribution in [0, 0.1) is 11.3 Å². The van der Waals surface area contributed by atoms with E-state index < -0.39 is 0 Å². The minimum absolute atomic E-state index is 0.345. The summed E-state index contributed by atoms with van der Waals surface area (Å²) in [6.07, 6.45) is 3.38. The van der Waals surface area contributed by atoms with Crippen LogP contribution in [0.2, 0.25) is 0 Å². The molecule has 0 fully saturated rings. The maximum Gasteiger partial charge on any atom is 0.137 e. The molecular weight excluding hydrogens is 212 g/mol. The van der Waals surface area contributed by atoms with Gasteiger partial charge in [0.1, 0.15) is 12.7 Å². The van der Waals surface area contributed by atoms with Crippen molar-refractivity contribution in [2.45, 2.75) is 41.2 Å². The van der Waals surface area contributed by atoms with Crippen LogP contribution in [0.4, 0.5) is 0 Å². The maximum absolute atomic E-state index is 4.14. The second-order valence-electron chi connectivity index (χ2n) is 6.35. The molecule has 0 N–H and O–H groups in total. The lowest BCUT2D eigenvalue weighted by Crippen LogP contribution is -2.37. The van der Waals surface area contributed by atoms with Gasteiger partial charge in [0.15, 0.2) is 0 Å². The summed E-state index contributed by atoms with van der Waals surface area (Å²) in [5.74, 6) is 0.702. The molecule has 1 aromatic heterocycles. The van der Waals surface area contributed by atoms with E-state index in [0.29, 0.717) is 11.3 Å². The summed E-state index contributed by atoms with van der Waals surface area (Å²) >= 11 is 0. The van der Waals surface area contributed by atoms with Crippen LogP contribution in [0.1, 0.15) is 34.6 Å². The lowest BCUT2D eigenvalue weighted by molar-refractivity contribution is 0.166. The van der Waals surface area contributed by atoms with Gasteiger partial charge in [-0.3, -0.25) is 4.68 Å². The first-order valence-electron chi connectivity index (χ1n) is 6.41. The van der Waals surface area contributed by atoms with E-state index in [1.807, 2.05) is 4.68 Å². The van der Waals surface area contributed by atoms with Crippen molar-refractivity contribution in [3.05, 3.63) is 12.7 Å². The van der Waals surface area contributed by atoms with Gasteiger partial charge in [0, 0.05) is 19.6 Å². The molecule has 4 heteroatoms. The van der Waals surface area contributed by atoms with E-state index in [4.69, 9.17) is 0 Å². The molecule has 0 spiro atoms. The van der Waals surface area contributed by atoms with Crippen molar-refractivity contribution < 1.29 is 0 Å². The highest BCUT2D eigenvalue weighted by molar-refractivity contribution is 4.70. The van der Waals surface area contributed by atoms with Crippen molar-refractivity contribution in [1.29, 1.82) is 0 Å². The third-order valence-electron chi connectivity index (χ3n) is 2.43. The molecule has 0 aliphatic heterocycles. The van der Waals surface area contributed by atoms with Crippen molar-refractivity contribution in [3.8, 4) is 0 Å². The Labute approximate surface area is 105 Å². The Hall–Kier alpha value is -0.900. The molecule has 0 aromatic carbocycles. The molecule has 0 aliphatic rings. The van der Waals surface area contributed by atoms with Gasteiger partial charge in [0.2, 0.25) is 0 Å². The largest absolute Gasteiger partial charge is 0.301 e. The summed E-state index contributed by atoms with van der Waals surface area (Å²) in [7, 11) is 0. The fourth-order valence-electron chi connectivity index (χ4n) is 2.01. The average molecular weight is 238 g/mol. The monoisotopic (exact) mass is 238 g/mol. The molecular formula is C13H26N4. The first kappa shape index (κ1) is 14.2. The fourth-order valence-corrected chi connectivity index (χ4v) is 2.01. The van der Waals surface area contributed by atoms with E-state index in [0.717, 1.165) is 26.2 Å². The quantitative estimate of drug-likeness (QED) is 0.762. The lowest BCUT2D eigenvalue weighted by atomic mass is 9.95. The highest BCUT2D eigenvalue weighted by Gasteiger charge is 2.17. The average Bonchev–Trinajstić information content (AvgIpc) is 2.62. The third kappa shape index (κ3) is 6.41. The van der Waals surface area contributed by atoms with Crippen molar-refractivity contribution >= 4 is 0 Å². The van der Waals surface area contributed by atoms with E-state index in [1.54, 1.807) is 12.7 Å². The first-order chi connectivity index (χ1) is 7.87. The molecule has 1 rings (SSSR count). The summed E-state index contributed by atoms with van der Waals surface area (Å²) in [6.45, 7) is 15.6. The molecule has 0 unspecified atom stereocenters. The second-order valence-corrected chi connectivity index (χ2v) is 6.35. The van der Waals surface area contributed by atoms with Crippen LogP contribution in [-0.4, -0.2) is 39.3 Å². The van der Waals surface area contributed by atoms with Crippen LogP contribution < -0.4 is 0 Å². The SMILES string of the molecule is CC(C)CN(CCn1cncn1)CC(C)(C)C. The van der Waals surface area contributed by atoms with Gasteiger partial charge in [-0.15, -0.1) is 0 Å². The minimum atomic E-state index is 0.345. The number of aromatic nitrogens is 3. The van der Waals surface area contributed by atoms with Crippen molar-refractivity contribution in [1.82, 2.24) is 19.7 Å². The molecule has 4 nitrogen and oxygen atoms in total. The first-order valence-corrected chi connectivity index (χ1v) is 6.41. The van der Waals surface area contributed by atoms with Gasteiger partial charge in [-0.05, 0) is 11.3 Å². The Kier molecular flexibility index (Phi) is 5.12. The van der Waals surface area contributed by atoms with Gasteiger partial charge in [0.05, 0.1) is 6.54 Å². The summed E-state index contributed by atoms with van der Waals surface area (Å²) in [5, 5.41) is 4.14. The maximum atomic E-state index is 4.14. The van der Waals surface area contributed by atoms with Crippen LogP contribution in [0.25, 0.3) is 0 Å². The van der Waals surface area contributed by atoms with Crippen molar-refractivity contribution in [2.75, 3.05) is 19.6 Å². The van der Waals surface area contributed by atoms with Gasteiger partial charge in [-0.25, -0.2) is 4.98 Å². The minimum Gasteiger partial charge on any atom is -0.301 e. The predicted octanol–water partition coefficient (Wildman–Crippen LogP) is 2.28. The van der Waals surface area contributed by atoms with E-state index in [1.165, 1.54) is 0 Å². The van der Waals surface area contributed by atoms with Crippen molar-refractivity contribution in [2.24, 2.45) is 11.3 Å². The normalized spacial score (nSPS) is 12.6. The number of hydrogen-bond donors (Lipinski definition) is 0. The molecule has 0 amide bonds. The van der Waals surface area contributed by atoms with Gasteiger partial charge in [-0.1, -0.05) is 34.6 Å². The summed E-state index contributed by atoms with van der Waals surface area (Å²) < 4.78 is 1.90. The molecule has 98 valence electrons. The summed E-state index contributed by atoms with van der Waals surface area (Å²) in [6, 6.07) is 0. The molecule has 0 atom stereocenters. The molecule has 1 heterocycles. The summed E-state index contributed by atoms with van der Waals surface area (Å²) in [5.41, 5.74) is 0.345. The van der Waals surface area contributed by atoms with Gasteiger partial charge < -0.3 is 4.90 Å². The van der Waals surface area contributed by atoms with E-state index in [2.05, 4.69) is 49.6 Å². The summed E-state index contributed by atoms with van der Waals surface area (Å²) in [4.78, 5) is 6.49. The zero-order valence-electron chi connectivity index (χ0n) is 11.8. The van der Waals surface area contributed by atoms with Crippen molar-refractivity contribution in [3.63, 3.8) is 0 Å². The number of rotatable bonds is 6. The lowest BCUT2D eigenvalue weighted by Gasteiger charge is -2.31. The Morgan fingerprint density at radius 2 is 2.00 bits per heavy atom. The predicted molar refractivity (Wildman–Crippen MR) is 70.8 cm³/mol. The van der Waals surface area contributed by atoms with E-state index in [9.17, 15) is 0 Å². The number of hydrogen-bond acceptors (Lipinski definition) is 3. The Bertz CT molecular complexity index is 298. The highest BCUT2D eigenvalue weighted by Crippen LogP contribution is 2.16. The zero-order chi connectivity index (χ0) is 12.9. The standard InChI is InChI=1S/C13H26N4/c1-12(2)8-16(9-13(3,4)5)6-7-17-11-14-10-15-17/h10-12H,6-9H2,1-5H3. The van der Waals surface area contributed by atoms with Crippen LogP contribution in [0.3, 0.4) is 0 Å². The van der Waals surface area contributed by atoms with Gasteiger partial charge >= 0.3 is 0 Å². The van der Waals surface area contributed by atoms with Crippen LogP contribution in [0.15, 0.2) is 12.7 Å². The van der Waals surface area contributed by atoms with Gasteiger partial charge in [0.25, 0.3) is 0 Å². The molecule has 1 aromatic rings. The fraction of sp³-hybridized carbons (Fsp3) is 0.846. The van der Waals surface area contributed by atoms with E-state index in [-0.39, 0.29) is 0 Å². The smallest absolute Gasteiger partial charge is 0.137 e. The van der Waals surface area contributed by atoms with Crippen LogP contribution in [0.5, 0.6) is 0 Å². The molecule has 17 heavy (non-hydrogen) atoms. The Morgan fingerprint density at radius 1 is 1.29 bits per heavy atom. The molecule has 0 bridgehead atoms. The van der Waals surface area contributed by atoms with Crippen LogP contribution >= 0.6 is 0 Å². The topological polar surface area (TPSA) is 34.0 Å². The van der Waals surface area contributed by atoms with Crippen LogP contribution in [-0.2, 0) is 6.54 Å². The third-order valence-corrected chi connectivity index (χ3v) is 2.43. The molecule has 0 saturated carbocycles. The Morgan fingerprint density at radius 3 is 2.47 bits per heavy atom. The molecule has 0 radical (unpaired) electrons. The number of nitrogens with zero attached hydrogens (tertiary/aromatic N) is 4. The van der Waals surface area contributed by atoms with Gasteiger partial charge in [-0.2, -0.15) is 5.10 Å². The Balaban J connectivity index is 2.45. The van der Waals surface area contributed by atoms with E-state index >= 15 is 0 Å². The molecule has 0 saturated heterocycles. The molecule has 0 aliphatic carbocycles. The zero-order valence-corrected chi connectivity index (χ0v) is 11.8. The highest BCUT2D eigenvalue weighted by atomic mass is 15.3. The second kappa shape index (κ2) is 6.15.